The van der Waals surface area contributed by atoms with Crippen molar-refractivity contribution in [3.8, 4) is 0 Å². The third-order valence-corrected chi connectivity index (χ3v) is 16.4. The summed E-state index contributed by atoms with van der Waals surface area (Å²) in [6.45, 7) is 20.7. The number of nitrogens with zero attached hydrogens (tertiary/aromatic N) is 4. The van der Waals surface area contributed by atoms with Gasteiger partial charge in [-0.05, 0) is 94.9 Å². The number of halogens is 1. The molecule has 2 aromatic heterocycles. The molecule has 432 valence electrons. The zero-order valence-corrected chi connectivity index (χ0v) is 47.5. The van der Waals surface area contributed by atoms with Crippen LogP contribution in [0.25, 0.3) is 11.0 Å². The van der Waals surface area contributed by atoms with Crippen LogP contribution in [-0.4, -0.2) is 203 Å². The largest absolute Gasteiger partial charge is 0.477 e. The number of aliphatic hydroxyl groups is 3. The lowest BCUT2D eigenvalue weighted by atomic mass is 9.74. The number of esters is 1. The third kappa shape index (κ3) is 13.8. The number of ketones is 1. The number of pyridine rings is 2. The number of methoxy groups -OCH3 is 2. The normalized spacial score (nSPS) is 37.3. The van der Waals surface area contributed by atoms with Gasteiger partial charge in [0, 0.05) is 76.8 Å². The van der Waals surface area contributed by atoms with Gasteiger partial charge in [0.2, 0.25) is 5.43 Å². The number of aliphatic hydroxyl groups excluding tert-OH is 2. The van der Waals surface area contributed by atoms with E-state index < -0.39 is 125 Å². The second-order valence-electron chi connectivity index (χ2n) is 22.4. The zero-order valence-electron chi connectivity index (χ0n) is 47.5. The number of cyclic esters (lactones) is 1. The minimum atomic E-state index is -2.02. The van der Waals surface area contributed by atoms with Gasteiger partial charge in [0.1, 0.15) is 40.9 Å². The molecule has 0 radical (unpaired) electrons. The molecule has 0 aliphatic carbocycles. The van der Waals surface area contributed by atoms with E-state index in [2.05, 4.69) is 10.3 Å². The number of nitrogens with one attached hydrogen (secondary N) is 1. The number of aryl methyl sites for hydroxylation is 1. The number of likely N-dealkylation sites (N-methyl/N-ethyl adjacent to an activating group) is 2. The van der Waals surface area contributed by atoms with Crippen LogP contribution in [-0.2, 0) is 54.0 Å². The van der Waals surface area contributed by atoms with E-state index in [-0.39, 0.29) is 67.2 Å². The number of carboxylic acids is 1. The average Bonchev–Trinajstić information content (AvgIpc) is 3.36. The molecule has 22 heteroatoms. The SMILES string of the molecule is CC[C@@H]1OC(=O)[C@H](C)[C@H](O[C@@H]2C[C@](C)(OC)[C@H](OCCN(C)CCNc3nc4c(cc3F)c(=O)c(C(=O)O)cn4CC)[C@H](C)O2)[C@@H](C)[C@H](O[C@H]2O[C@@H](C)C[C@@H](N(C)C)[C@H]2O)[C@](C)(OC)C[C@H](C)C(=O)[C@H](C)[C@H](O)[C@@]1(C)O. The molecule has 18 atom stereocenters. The minimum Gasteiger partial charge on any atom is -0.477 e. The number of hydrogen-bond acceptors (Lipinski definition) is 19. The topological polar surface area (TPSA) is 259 Å². The molecular formula is C54H88FN5O16. The third-order valence-electron chi connectivity index (χ3n) is 16.4. The quantitative estimate of drug-likeness (QED) is 0.132. The molecule has 3 saturated heterocycles. The monoisotopic (exact) mass is 1080 g/mol. The summed E-state index contributed by atoms with van der Waals surface area (Å²) in [6, 6.07) is 0.677. The molecule has 76 heavy (non-hydrogen) atoms. The molecule has 0 unspecified atom stereocenters. The van der Waals surface area contributed by atoms with Crippen molar-refractivity contribution in [3.63, 3.8) is 0 Å². The Kier molecular flexibility index (Phi) is 21.6. The predicted octanol–water partition coefficient (Wildman–Crippen LogP) is 4.08. The molecule has 5 N–H and O–H groups in total. The van der Waals surface area contributed by atoms with Crippen LogP contribution in [0.1, 0.15) is 112 Å². The highest BCUT2D eigenvalue weighted by molar-refractivity contribution is 5.92. The maximum absolute atomic E-state index is 15.2. The van der Waals surface area contributed by atoms with E-state index >= 15 is 4.39 Å². The smallest absolute Gasteiger partial charge is 0.341 e. The maximum Gasteiger partial charge on any atom is 0.341 e. The van der Waals surface area contributed by atoms with E-state index in [4.69, 9.17) is 37.9 Å². The first-order valence-electron chi connectivity index (χ1n) is 26.7. The lowest BCUT2D eigenvalue weighted by Crippen LogP contribution is -2.61. The van der Waals surface area contributed by atoms with Gasteiger partial charge in [-0.3, -0.25) is 14.4 Å². The number of carbonyl (C=O) groups is 3. The van der Waals surface area contributed by atoms with Crippen LogP contribution < -0.4 is 10.7 Å². The molecule has 0 saturated carbocycles. The number of carbonyl (C=O) groups excluding carboxylic acids is 2. The number of anilines is 1. The summed E-state index contributed by atoms with van der Waals surface area (Å²) in [7, 11) is 8.68. The zero-order chi connectivity index (χ0) is 56.9. The average molecular weight is 1080 g/mol. The van der Waals surface area contributed by atoms with E-state index in [1.807, 2.05) is 58.6 Å². The van der Waals surface area contributed by atoms with Gasteiger partial charge in [0.05, 0.1) is 59.6 Å². The van der Waals surface area contributed by atoms with Gasteiger partial charge in [-0.15, -0.1) is 0 Å². The Balaban J connectivity index is 1.38. The molecule has 0 bridgehead atoms. The van der Waals surface area contributed by atoms with Crippen molar-refractivity contribution in [2.45, 2.75) is 193 Å². The van der Waals surface area contributed by atoms with Crippen LogP contribution in [0.15, 0.2) is 17.1 Å². The minimum absolute atomic E-state index is 0.0693. The van der Waals surface area contributed by atoms with Crippen LogP contribution in [0.4, 0.5) is 10.2 Å². The van der Waals surface area contributed by atoms with E-state index in [0.29, 0.717) is 26.1 Å². The molecule has 3 aliphatic heterocycles. The molecular weight excluding hydrogens is 994 g/mol. The number of hydrogen-bond donors (Lipinski definition) is 5. The lowest BCUT2D eigenvalue weighted by Gasteiger charge is -2.50. The fraction of sp³-hybridized carbons (Fsp3) is 0.796. The summed E-state index contributed by atoms with van der Waals surface area (Å²) in [6.07, 6.45) is -7.66. The molecule has 21 nitrogen and oxygen atoms in total. The maximum atomic E-state index is 15.2. The molecule has 0 aromatic carbocycles. The van der Waals surface area contributed by atoms with Crippen molar-refractivity contribution >= 4 is 34.6 Å². The second kappa shape index (κ2) is 26.0. The van der Waals surface area contributed by atoms with Crippen molar-refractivity contribution in [3.05, 3.63) is 33.9 Å². The summed E-state index contributed by atoms with van der Waals surface area (Å²) in [5.74, 6) is -7.02. The van der Waals surface area contributed by atoms with Crippen LogP contribution in [0.5, 0.6) is 0 Å². The molecule has 2 aromatic rings. The highest BCUT2D eigenvalue weighted by Crippen LogP contribution is 2.42. The Morgan fingerprint density at radius 3 is 2.17 bits per heavy atom. The lowest BCUT2D eigenvalue weighted by molar-refractivity contribution is -0.322. The molecule has 5 rings (SSSR count). The number of fused-ring (bicyclic) bond motifs is 1. The van der Waals surface area contributed by atoms with Gasteiger partial charge in [0.15, 0.2) is 24.2 Å². The van der Waals surface area contributed by atoms with Gasteiger partial charge in [-0.25, -0.2) is 14.2 Å². The van der Waals surface area contributed by atoms with Crippen LogP contribution in [0.2, 0.25) is 0 Å². The second-order valence-corrected chi connectivity index (χ2v) is 22.4. The first kappa shape index (κ1) is 63.1. The number of ether oxygens (including phenoxy) is 8. The molecule has 0 amide bonds. The summed E-state index contributed by atoms with van der Waals surface area (Å²) >= 11 is 0. The van der Waals surface area contributed by atoms with Crippen LogP contribution in [0.3, 0.4) is 0 Å². The highest BCUT2D eigenvalue weighted by atomic mass is 19.1. The first-order chi connectivity index (χ1) is 35.5. The van der Waals surface area contributed by atoms with Gasteiger partial charge >= 0.3 is 11.9 Å². The Hall–Kier alpha value is -3.78. The molecule has 0 spiro atoms. The Morgan fingerprint density at radius 1 is 0.934 bits per heavy atom. The van der Waals surface area contributed by atoms with Crippen LogP contribution in [0, 0.1) is 29.5 Å². The van der Waals surface area contributed by atoms with Crippen molar-refractivity contribution in [2.75, 3.05) is 66.9 Å². The van der Waals surface area contributed by atoms with Gasteiger partial charge in [0.25, 0.3) is 0 Å². The summed E-state index contributed by atoms with van der Waals surface area (Å²) in [5, 5.41) is 47.6. The molecule has 5 heterocycles. The number of aromatic carboxylic acids is 1. The standard InChI is InChI=1S/C54H88FN5O16/c1-17-38-54(11,68)44(64)30(5)40(61)28(3)25-52(9,69-15)45(76-51-42(63)37(58(12)13)23-29(4)72-51)31(6)43(32(7)50(67)74-38)75-39-26-53(10,70-16)46(33(8)73-39)71-22-21-59(14)20-19-56-47-36(55)24-34-41(62)35(49(65)66)27-60(18-2)48(34)57-47/h24,27-33,37-39,42-46,51,63-64,68H,17-23,25-26H2,1-16H3,(H,56,57)(H,65,66)/t28-,29-,30-,31+,32+,33-,37+,38-,39+,42+,43+,44-,45-,46+,51+,52+,53-,54-/m0/s1. The van der Waals surface area contributed by atoms with E-state index in [9.17, 15) is 39.6 Å². The first-order valence-corrected chi connectivity index (χ1v) is 26.7. The van der Waals surface area contributed by atoms with Crippen molar-refractivity contribution in [1.29, 1.82) is 0 Å². The van der Waals surface area contributed by atoms with Gasteiger partial charge in [-0.1, -0.05) is 27.7 Å². The molecule has 3 fully saturated rings. The summed E-state index contributed by atoms with van der Waals surface area (Å²) in [4.78, 5) is 61.5. The van der Waals surface area contributed by atoms with Gasteiger partial charge in [-0.2, -0.15) is 0 Å². The number of aromatic nitrogens is 2. The van der Waals surface area contributed by atoms with E-state index in [1.54, 1.807) is 48.7 Å². The number of rotatable bonds is 18. The number of carboxylic acid groups (broad SMARTS) is 1. The Labute approximate surface area is 446 Å². The Morgan fingerprint density at radius 2 is 1.58 bits per heavy atom. The fourth-order valence-electron chi connectivity index (χ4n) is 11.5. The van der Waals surface area contributed by atoms with Crippen molar-refractivity contribution in [1.82, 2.24) is 19.4 Å². The summed E-state index contributed by atoms with van der Waals surface area (Å²) in [5.41, 5.74) is -5.45. The van der Waals surface area contributed by atoms with Gasteiger partial charge < -0.3 is 78.0 Å². The Bertz CT molecular complexity index is 2360. The summed E-state index contributed by atoms with van der Waals surface area (Å²) < 4.78 is 68.7. The fourth-order valence-corrected chi connectivity index (χ4v) is 11.5. The predicted molar refractivity (Wildman–Crippen MR) is 279 cm³/mol. The van der Waals surface area contributed by atoms with E-state index in [0.717, 1.165) is 6.07 Å². The van der Waals surface area contributed by atoms with Crippen molar-refractivity contribution in [2.24, 2.45) is 23.7 Å². The van der Waals surface area contributed by atoms with Crippen LogP contribution >= 0.6 is 0 Å². The number of Topliss-reactive ketones (excluding diaryl/α,β-unsaturated/α-hetero) is 1. The van der Waals surface area contributed by atoms with E-state index in [1.165, 1.54) is 24.8 Å². The molecule has 3 aliphatic rings. The van der Waals surface area contributed by atoms with Crippen molar-refractivity contribution < 1.29 is 77.1 Å². The highest BCUT2D eigenvalue weighted by Gasteiger charge is 2.54.